The predicted octanol–water partition coefficient (Wildman–Crippen LogP) is 5.48. The van der Waals surface area contributed by atoms with Crippen molar-refractivity contribution in [1.29, 1.82) is 0 Å². The lowest BCUT2D eigenvalue weighted by atomic mass is 9.95. The Hall–Kier alpha value is -2.92. The Labute approximate surface area is 195 Å². The lowest BCUT2D eigenvalue weighted by Gasteiger charge is -2.25. The molecule has 2 aliphatic rings. The van der Waals surface area contributed by atoms with Gasteiger partial charge in [0.25, 0.3) is 0 Å². The fourth-order valence-corrected chi connectivity index (χ4v) is 5.06. The molecule has 0 spiro atoms. The zero-order valence-electron chi connectivity index (χ0n) is 18.3. The number of hydrogen-bond donors (Lipinski definition) is 2. The number of fused-ring (bicyclic) bond motifs is 1. The van der Waals surface area contributed by atoms with E-state index in [0.29, 0.717) is 6.04 Å². The molecule has 5 heteroatoms. The van der Waals surface area contributed by atoms with Crippen LogP contribution in [0.5, 0.6) is 0 Å². The molecule has 1 heterocycles. The van der Waals surface area contributed by atoms with Gasteiger partial charge >= 0.3 is 0 Å². The first-order valence-electron chi connectivity index (χ1n) is 11.7. The molecule has 5 rings (SSSR count). The molecule has 3 aromatic carbocycles. The number of para-hydroxylation sites is 1. The summed E-state index contributed by atoms with van der Waals surface area (Å²) in [6.07, 6.45) is 6.39. The van der Waals surface area contributed by atoms with Crippen molar-refractivity contribution in [2.24, 2.45) is 11.0 Å². The number of anilines is 1. The Morgan fingerprint density at radius 1 is 0.906 bits per heavy atom. The number of hydrazone groups is 1. The first-order valence-corrected chi connectivity index (χ1v) is 12.1. The molecule has 1 aliphatic heterocycles. The molecule has 0 bridgehead atoms. The molecule has 164 valence electrons. The zero-order valence-corrected chi connectivity index (χ0v) is 19.2. The van der Waals surface area contributed by atoms with Gasteiger partial charge in [-0.3, -0.25) is 5.01 Å². The Balaban J connectivity index is 1.34. The molecule has 3 aromatic rings. The van der Waals surface area contributed by atoms with E-state index < -0.39 is 0 Å². The molecule has 1 aliphatic carbocycles. The van der Waals surface area contributed by atoms with Crippen LogP contribution in [-0.2, 0) is 0 Å². The number of thiocarbonyl (C=S) groups is 1. The van der Waals surface area contributed by atoms with Gasteiger partial charge in [-0.1, -0.05) is 73.9 Å². The van der Waals surface area contributed by atoms with Crippen LogP contribution in [0, 0.1) is 5.92 Å². The summed E-state index contributed by atoms with van der Waals surface area (Å²) in [4.78, 5) is 0. The van der Waals surface area contributed by atoms with E-state index in [-0.39, 0.29) is 5.92 Å². The van der Waals surface area contributed by atoms with Gasteiger partial charge in [-0.05, 0) is 59.6 Å². The summed E-state index contributed by atoms with van der Waals surface area (Å²) < 4.78 is 0. The summed E-state index contributed by atoms with van der Waals surface area (Å²) in [5.41, 5.74) is 3.42. The quantitative estimate of drug-likeness (QED) is 0.514. The minimum atomic E-state index is 0.252. The number of hydrogen-bond acceptors (Lipinski definition) is 3. The van der Waals surface area contributed by atoms with Gasteiger partial charge in [-0.15, -0.1) is 0 Å². The highest BCUT2D eigenvalue weighted by molar-refractivity contribution is 7.80. The summed E-state index contributed by atoms with van der Waals surface area (Å²) >= 11 is 5.64. The Morgan fingerprint density at radius 3 is 2.47 bits per heavy atom. The van der Waals surface area contributed by atoms with Crippen LogP contribution in [0.4, 0.5) is 5.69 Å². The third-order valence-electron chi connectivity index (χ3n) is 6.56. The van der Waals surface area contributed by atoms with Crippen molar-refractivity contribution in [2.45, 2.75) is 38.1 Å². The van der Waals surface area contributed by atoms with E-state index in [9.17, 15) is 0 Å². The molecule has 4 nitrogen and oxygen atoms in total. The summed E-state index contributed by atoms with van der Waals surface area (Å²) in [5.74, 6) is 0.252. The van der Waals surface area contributed by atoms with Crippen molar-refractivity contribution in [2.75, 3.05) is 18.1 Å². The first kappa shape index (κ1) is 21.0. The maximum absolute atomic E-state index is 5.64. The van der Waals surface area contributed by atoms with Crippen molar-refractivity contribution in [3.8, 4) is 0 Å². The topological polar surface area (TPSA) is 39.7 Å². The highest BCUT2D eigenvalue weighted by Crippen LogP contribution is 2.27. The summed E-state index contributed by atoms with van der Waals surface area (Å²) in [6, 6.07) is 26.1. The molecule has 0 aromatic heterocycles. The normalized spacial score (nSPS) is 19.1. The minimum Gasteiger partial charge on any atom is -0.362 e. The molecular weight excluding hydrogens is 412 g/mol. The molecule has 0 radical (unpaired) electrons. The first-order chi connectivity index (χ1) is 15.8. The second kappa shape index (κ2) is 9.70. The van der Waals surface area contributed by atoms with Crippen molar-refractivity contribution < 1.29 is 0 Å². The van der Waals surface area contributed by atoms with Gasteiger partial charge in [0.2, 0.25) is 0 Å². The van der Waals surface area contributed by atoms with Crippen LogP contribution in [0.2, 0.25) is 0 Å². The number of rotatable bonds is 5. The summed E-state index contributed by atoms with van der Waals surface area (Å²) in [5, 5.41) is 17.5. The predicted molar refractivity (Wildman–Crippen MR) is 138 cm³/mol. The van der Waals surface area contributed by atoms with E-state index in [1.54, 1.807) is 0 Å². The minimum absolute atomic E-state index is 0.252. The number of benzene rings is 3. The van der Waals surface area contributed by atoms with Crippen molar-refractivity contribution in [1.82, 2.24) is 10.6 Å². The SMILES string of the molecule is S=C(NCC1CN(c2ccccc2)N=C1c1ccc2ccccc2c1)NC1CCCCC1. The van der Waals surface area contributed by atoms with Gasteiger partial charge in [-0.25, -0.2) is 0 Å². The van der Waals surface area contributed by atoms with Crippen molar-refractivity contribution in [3.63, 3.8) is 0 Å². The fourth-order valence-electron chi connectivity index (χ4n) is 4.81. The second-order valence-corrected chi connectivity index (χ2v) is 9.26. The van der Waals surface area contributed by atoms with E-state index in [0.717, 1.165) is 29.6 Å². The Morgan fingerprint density at radius 2 is 1.66 bits per heavy atom. The van der Waals surface area contributed by atoms with E-state index in [1.807, 2.05) is 6.07 Å². The molecule has 0 amide bonds. The van der Waals surface area contributed by atoms with E-state index in [1.165, 1.54) is 48.4 Å². The van der Waals surface area contributed by atoms with E-state index >= 15 is 0 Å². The van der Waals surface area contributed by atoms with Gasteiger partial charge < -0.3 is 10.6 Å². The van der Waals surface area contributed by atoms with E-state index in [4.69, 9.17) is 17.3 Å². The van der Waals surface area contributed by atoms with Crippen LogP contribution in [0.1, 0.15) is 37.7 Å². The van der Waals surface area contributed by atoms with Crippen molar-refractivity contribution >= 4 is 39.5 Å². The molecule has 32 heavy (non-hydrogen) atoms. The molecule has 1 atom stereocenters. The van der Waals surface area contributed by atoms with Crippen LogP contribution < -0.4 is 15.6 Å². The van der Waals surface area contributed by atoms with Crippen molar-refractivity contribution in [3.05, 3.63) is 78.4 Å². The Kier molecular flexibility index (Phi) is 6.35. The average molecular weight is 443 g/mol. The standard InChI is InChI=1S/C27H30N4S/c32-27(29-24-11-3-1-4-12-24)28-18-23-19-31(25-13-5-2-6-14-25)30-26(23)22-16-15-20-9-7-8-10-21(20)17-22/h2,5-10,13-17,23-24H,1,3-4,11-12,18-19H2,(H2,28,29,32). The van der Waals surface area contributed by atoms with Crippen LogP contribution in [0.3, 0.4) is 0 Å². The van der Waals surface area contributed by atoms with Gasteiger partial charge in [0.05, 0.1) is 17.9 Å². The summed E-state index contributed by atoms with van der Waals surface area (Å²) in [6.45, 7) is 1.61. The number of nitrogens with one attached hydrogen (secondary N) is 2. The lowest BCUT2D eigenvalue weighted by Crippen LogP contribution is -2.45. The largest absolute Gasteiger partial charge is 0.362 e. The molecule has 1 unspecified atom stereocenters. The lowest BCUT2D eigenvalue weighted by molar-refractivity contribution is 0.411. The number of nitrogens with zero attached hydrogens (tertiary/aromatic N) is 2. The van der Waals surface area contributed by atoms with Crippen LogP contribution in [0.15, 0.2) is 77.9 Å². The molecule has 1 saturated carbocycles. The smallest absolute Gasteiger partial charge is 0.166 e. The third kappa shape index (κ3) is 4.78. The van der Waals surface area contributed by atoms with E-state index in [2.05, 4.69) is 82.4 Å². The fraction of sp³-hybridized carbons (Fsp3) is 0.333. The summed E-state index contributed by atoms with van der Waals surface area (Å²) in [7, 11) is 0. The van der Waals surface area contributed by atoms with Crippen LogP contribution in [-0.4, -0.2) is 30.0 Å². The maximum Gasteiger partial charge on any atom is 0.166 e. The monoisotopic (exact) mass is 442 g/mol. The molecule has 0 saturated heterocycles. The van der Waals surface area contributed by atoms with Gasteiger partial charge in [0.1, 0.15) is 0 Å². The average Bonchev–Trinajstić information content (AvgIpc) is 3.28. The van der Waals surface area contributed by atoms with Crippen LogP contribution in [0.25, 0.3) is 10.8 Å². The van der Waals surface area contributed by atoms with Gasteiger partial charge in [0, 0.05) is 18.5 Å². The van der Waals surface area contributed by atoms with Crippen LogP contribution >= 0.6 is 12.2 Å². The molecule has 1 fully saturated rings. The second-order valence-electron chi connectivity index (χ2n) is 8.85. The maximum atomic E-state index is 5.64. The van der Waals surface area contributed by atoms with Gasteiger partial charge in [-0.2, -0.15) is 5.10 Å². The highest BCUT2D eigenvalue weighted by Gasteiger charge is 2.29. The molecular formula is C27H30N4S. The Bertz CT molecular complexity index is 1100. The third-order valence-corrected chi connectivity index (χ3v) is 6.82. The van der Waals surface area contributed by atoms with Gasteiger partial charge in [0.15, 0.2) is 5.11 Å². The molecule has 2 N–H and O–H groups in total. The zero-order chi connectivity index (χ0) is 21.8. The highest BCUT2D eigenvalue weighted by atomic mass is 32.1.